The topological polar surface area (TPSA) is 168 Å². The Bertz CT molecular complexity index is 1700. The molecule has 2 N–H and O–H groups in total. The van der Waals surface area contributed by atoms with Gasteiger partial charge in [-0.05, 0) is 24.1 Å². The lowest BCUT2D eigenvalue weighted by Gasteiger charge is -2.21. The van der Waals surface area contributed by atoms with E-state index in [0.29, 0.717) is 60.3 Å². The predicted octanol–water partition coefficient (Wildman–Crippen LogP) is 3.39. The first-order valence-corrected chi connectivity index (χ1v) is 14.1. The van der Waals surface area contributed by atoms with E-state index in [1.54, 1.807) is 16.8 Å². The van der Waals surface area contributed by atoms with E-state index in [9.17, 15) is 9.59 Å². The Hall–Kier alpha value is -5.37. The molecule has 0 amide bonds. The lowest BCUT2D eigenvalue weighted by atomic mass is 10.1. The molecule has 5 heterocycles. The third-order valence-electron chi connectivity index (χ3n) is 7.22. The van der Waals surface area contributed by atoms with E-state index in [-0.39, 0.29) is 12.9 Å². The molecule has 1 fully saturated rings. The number of hydrogen-bond acceptors (Lipinski definition) is 13. The summed E-state index contributed by atoms with van der Waals surface area (Å²) in [5.74, 6) is 1.16. The van der Waals surface area contributed by atoms with Gasteiger partial charge in [0.15, 0.2) is 47.3 Å². The van der Waals surface area contributed by atoms with E-state index in [0.717, 1.165) is 11.3 Å². The number of carbonyl (C=O) groups is 2. The fraction of sp³-hybridized carbons (Fsp3) is 0.300. The van der Waals surface area contributed by atoms with Crippen molar-refractivity contribution in [3.8, 4) is 0 Å². The number of nitrogens with zero attached hydrogens (tertiary/aromatic N) is 6. The average Bonchev–Trinajstić information content (AvgIpc) is 3.79. The zero-order chi connectivity index (χ0) is 30.3. The van der Waals surface area contributed by atoms with Crippen LogP contribution in [-0.2, 0) is 43.2 Å². The van der Waals surface area contributed by atoms with Crippen molar-refractivity contribution < 1.29 is 28.3 Å². The molecule has 0 spiro atoms. The Morgan fingerprint density at radius 1 is 0.955 bits per heavy atom. The van der Waals surface area contributed by atoms with Gasteiger partial charge in [0.1, 0.15) is 0 Å². The molecule has 0 aliphatic carbocycles. The molecule has 1 aliphatic rings. The van der Waals surface area contributed by atoms with Gasteiger partial charge in [0.2, 0.25) is 5.95 Å². The summed E-state index contributed by atoms with van der Waals surface area (Å²) in [4.78, 5) is 41.5. The first-order chi connectivity index (χ1) is 21.7. The Morgan fingerprint density at radius 3 is 2.52 bits per heavy atom. The fourth-order valence-corrected chi connectivity index (χ4v) is 5.08. The van der Waals surface area contributed by atoms with Crippen LogP contribution in [0.25, 0.3) is 11.2 Å². The van der Waals surface area contributed by atoms with E-state index in [1.165, 1.54) is 6.33 Å². The number of aryl methyl sites for hydroxylation is 1. The summed E-state index contributed by atoms with van der Waals surface area (Å²) in [5.41, 5.74) is 3.54. The first-order valence-electron chi connectivity index (χ1n) is 14.1. The monoisotopic (exact) mass is 598 g/mol. The third kappa shape index (κ3) is 6.06. The number of hydrogen-bond donors (Lipinski definition) is 2. The Morgan fingerprint density at radius 2 is 1.77 bits per heavy atom. The van der Waals surface area contributed by atoms with Gasteiger partial charge in [-0.25, -0.2) is 4.98 Å². The Labute approximate surface area is 251 Å². The van der Waals surface area contributed by atoms with E-state index in [4.69, 9.17) is 28.7 Å². The largest absolute Gasteiger partial charge is 0.457 e. The van der Waals surface area contributed by atoms with Crippen LogP contribution in [0.5, 0.6) is 0 Å². The van der Waals surface area contributed by atoms with Gasteiger partial charge in [0.25, 0.3) is 12.9 Å². The Kier molecular flexibility index (Phi) is 8.68. The molecule has 1 saturated heterocycles. The lowest BCUT2D eigenvalue weighted by Crippen LogP contribution is -2.34. The number of anilines is 2. The molecule has 44 heavy (non-hydrogen) atoms. The van der Waals surface area contributed by atoms with Crippen LogP contribution >= 0.6 is 0 Å². The van der Waals surface area contributed by atoms with Crippen molar-refractivity contribution in [3.63, 3.8) is 0 Å². The highest BCUT2D eigenvalue weighted by atomic mass is 16.6. The van der Waals surface area contributed by atoms with Crippen LogP contribution < -0.4 is 10.6 Å². The molecular weight excluding hydrogens is 568 g/mol. The molecule has 1 aliphatic heterocycles. The van der Waals surface area contributed by atoms with Crippen LogP contribution in [0.2, 0.25) is 0 Å². The maximum atomic E-state index is 11.6. The van der Waals surface area contributed by atoms with E-state index in [2.05, 4.69) is 25.8 Å². The van der Waals surface area contributed by atoms with Crippen LogP contribution in [0.1, 0.15) is 42.0 Å². The van der Waals surface area contributed by atoms with Crippen LogP contribution in [-0.4, -0.2) is 61.4 Å². The van der Waals surface area contributed by atoms with Crippen LogP contribution in [0.3, 0.4) is 0 Å². The van der Waals surface area contributed by atoms with Crippen molar-refractivity contribution in [1.82, 2.24) is 29.7 Å². The molecule has 4 atom stereocenters. The number of pyridine rings is 1. The van der Waals surface area contributed by atoms with E-state index in [1.807, 2.05) is 55.5 Å². The van der Waals surface area contributed by atoms with E-state index >= 15 is 0 Å². The van der Waals surface area contributed by atoms with Gasteiger partial charge >= 0.3 is 0 Å². The molecule has 0 saturated carbocycles. The number of aromatic nitrogens is 6. The molecule has 0 bridgehead atoms. The number of imidazole rings is 1. The second kappa shape index (κ2) is 13.3. The summed E-state index contributed by atoms with van der Waals surface area (Å²) in [6, 6.07) is 17.4. The molecule has 0 unspecified atom stereocenters. The molecule has 6 rings (SSSR count). The molecule has 14 nitrogen and oxygen atoms in total. The van der Waals surface area contributed by atoms with Crippen molar-refractivity contribution in [2.24, 2.45) is 0 Å². The van der Waals surface area contributed by atoms with Gasteiger partial charge in [0.05, 0.1) is 12.0 Å². The quantitative estimate of drug-likeness (QED) is 0.179. The lowest BCUT2D eigenvalue weighted by molar-refractivity contribution is -0.151. The molecule has 14 heteroatoms. The molecule has 226 valence electrons. The maximum Gasteiger partial charge on any atom is 0.293 e. The normalized spacial score (nSPS) is 19.5. The summed E-state index contributed by atoms with van der Waals surface area (Å²) >= 11 is 0. The summed E-state index contributed by atoms with van der Waals surface area (Å²) in [6.45, 7) is 3.51. The Balaban J connectivity index is 1.35. The molecule has 4 aromatic heterocycles. The fourth-order valence-electron chi connectivity index (χ4n) is 5.08. The highest BCUT2D eigenvalue weighted by Crippen LogP contribution is 2.43. The highest BCUT2D eigenvalue weighted by molar-refractivity contribution is 5.84. The third-order valence-corrected chi connectivity index (χ3v) is 7.22. The van der Waals surface area contributed by atoms with Crippen molar-refractivity contribution in [2.45, 2.75) is 50.8 Å². The summed E-state index contributed by atoms with van der Waals surface area (Å²) < 4.78 is 24.3. The average molecular weight is 599 g/mol. The zero-order valence-corrected chi connectivity index (χ0v) is 23.8. The van der Waals surface area contributed by atoms with Gasteiger partial charge in [-0.3, -0.25) is 19.1 Å². The standard InChI is InChI=1S/C30H30N8O6/c1-2-20-14-22(44-37-20)24-25(41-17-39)26(42-18-40)29(43-24)38-16-34-23-27(33-15-19-8-4-3-5-9-19)35-30(36-28(23)38)32-13-11-21-10-6-7-12-31-21/h3-10,12,14,16-18,24-26,29H,2,11,13,15H2,1H3,(H2,32,33,35,36)/t24-,25+,26-,29-/m1/s1. The number of carbonyl (C=O) groups excluding carboxylic acids is 2. The summed E-state index contributed by atoms with van der Waals surface area (Å²) in [5, 5.41) is 10.7. The van der Waals surface area contributed by atoms with Gasteiger partial charge < -0.3 is 29.4 Å². The van der Waals surface area contributed by atoms with Gasteiger partial charge in [-0.15, -0.1) is 0 Å². The number of rotatable bonds is 14. The minimum Gasteiger partial charge on any atom is -0.457 e. The number of nitrogens with one attached hydrogen (secondary N) is 2. The molecule has 1 aromatic carbocycles. The minimum absolute atomic E-state index is 0.283. The predicted molar refractivity (Wildman–Crippen MR) is 156 cm³/mol. The van der Waals surface area contributed by atoms with Gasteiger partial charge in [0, 0.05) is 37.5 Å². The first kappa shape index (κ1) is 28.7. The number of fused-ring (bicyclic) bond motifs is 1. The maximum absolute atomic E-state index is 11.6. The highest BCUT2D eigenvalue weighted by Gasteiger charge is 2.51. The van der Waals surface area contributed by atoms with E-state index < -0.39 is 24.5 Å². The van der Waals surface area contributed by atoms with Crippen LogP contribution in [0.15, 0.2) is 71.6 Å². The van der Waals surface area contributed by atoms with Crippen molar-refractivity contribution in [2.75, 3.05) is 17.2 Å². The van der Waals surface area contributed by atoms with Crippen molar-refractivity contribution >= 4 is 35.9 Å². The second-order valence-corrected chi connectivity index (χ2v) is 9.97. The SMILES string of the molecule is CCc1cc([C@H]2O[C@@H](n3cnc4c(NCc5ccccc5)nc(NCCc5ccccn5)nc43)[C@H](OC=O)[C@H]2OC=O)on1. The summed E-state index contributed by atoms with van der Waals surface area (Å²) in [7, 11) is 0. The molecular formula is C30H30N8O6. The van der Waals surface area contributed by atoms with Crippen molar-refractivity contribution in [3.05, 3.63) is 89.8 Å². The number of ether oxygens (including phenoxy) is 3. The van der Waals surface area contributed by atoms with Gasteiger partial charge in [-0.1, -0.05) is 48.5 Å². The smallest absolute Gasteiger partial charge is 0.293 e. The molecule has 0 radical (unpaired) electrons. The number of benzene rings is 1. The van der Waals surface area contributed by atoms with Gasteiger partial charge in [-0.2, -0.15) is 9.97 Å². The molecule has 5 aromatic rings. The van der Waals surface area contributed by atoms with Crippen molar-refractivity contribution in [1.29, 1.82) is 0 Å². The van der Waals surface area contributed by atoms with Crippen LogP contribution in [0, 0.1) is 0 Å². The van der Waals surface area contributed by atoms with Crippen LogP contribution in [0.4, 0.5) is 11.8 Å². The summed E-state index contributed by atoms with van der Waals surface area (Å²) in [6.07, 6.45) is 0.594. The minimum atomic E-state index is -1.05. The second-order valence-electron chi connectivity index (χ2n) is 9.97. The zero-order valence-electron chi connectivity index (χ0n) is 23.8.